The predicted octanol–water partition coefficient (Wildman–Crippen LogP) is 2.80. The summed E-state index contributed by atoms with van der Waals surface area (Å²) in [5.41, 5.74) is -0.580. The number of hydrogen-bond donors (Lipinski definition) is 1. The van der Waals surface area contributed by atoms with Crippen LogP contribution in [0.25, 0.3) is 11.4 Å². The van der Waals surface area contributed by atoms with E-state index in [9.17, 15) is 18.0 Å². The first kappa shape index (κ1) is 17.7. The van der Waals surface area contributed by atoms with Gasteiger partial charge in [-0.2, -0.15) is 13.2 Å². The molecule has 1 N–H and O–H groups in total. The van der Waals surface area contributed by atoms with Crippen molar-refractivity contribution in [3.63, 3.8) is 0 Å². The third-order valence-electron chi connectivity index (χ3n) is 4.72. The Kier molecular flexibility index (Phi) is 4.45. The summed E-state index contributed by atoms with van der Waals surface area (Å²) in [6, 6.07) is 3.73. The quantitative estimate of drug-likeness (QED) is 0.887. The lowest BCUT2D eigenvalue weighted by Crippen LogP contribution is -2.44. The molecule has 1 atom stereocenters. The van der Waals surface area contributed by atoms with Crippen molar-refractivity contribution >= 4 is 11.7 Å². The van der Waals surface area contributed by atoms with Crippen LogP contribution >= 0.6 is 0 Å². The van der Waals surface area contributed by atoms with Crippen LogP contribution in [0, 0.1) is 0 Å². The molecule has 1 saturated carbocycles. The molecule has 4 rings (SSSR count). The summed E-state index contributed by atoms with van der Waals surface area (Å²) in [4.78, 5) is 26.0. The van der Waals surface area contributed by atoms with Gasteiger partial charge in [-0.25, -0.2) is 9.97 Å². The second-order valence-corrected chi connectivity index (χ2v) is 6.80. The number of amides is 1. The Hall–Kier alpha value is -2.71. The molecule has 1 unspecified atom stereocenters. The van der Waals surface area contributed by atoms with Crippen LogP contribution in [0.5, 0.6) is 0 Å². The van der Waals surface area contributed by atoms with Crippen LogP contribution in [0.2, 0.25) is 0 Å². The molecule has 9 heteroatoms. The van der Waals surface area contributed by atoms with Gasteiger partial charge in [-0.05, 0) is 37.8 Å². The average molecular weight is 377 g/mol. The number of nitrogens with one attached hydrogen (secondary N) is 1. The summed E-state index contributed by atoms with van der Waals surface area (Å²) >= 11 is 0. The molecule has 142 valence electrons. The van der Waals surface area contributed by atoms with Gasteiger partial charge in [0.1, 0.15) is 11.9 Å². The van der Waals surface area contributed by atoms with Crippen LogP contribution in [0.15, 0.2) is 30.6 Å². The SMILES string of the molecule is O=C(NC1CC1)C1CCCN1c1cc(C(F)(F)F)nc(-c2ccncc2)n1. The van der Waals surface area contributed by atoms with E-state index < -0.39 is 17.9 Å². The number of alkyl halides is 3. The highest BCUT2D eigenvalue weighted by Crippen LogP contribution is 2.34. The number of carbonyl (C=O) groups excluding carboxylic acids is 1. The van der Waals surface area contributed by atoms with Crippen LogP contribution in [-0.4, -0.2) is 39.5 Å². The second kappa shape index (κ2) is 6.79. The largest absolute Gasteiger partial charge is 0.433 e. The Morgan fingerprint density at radius 2 is 1.89 bits per heavy atom. The smallest absolute Gasteiger partial charge is 0.352 e. The van der Waals surface area contributed by atoms with Crippen molar-refractivity contribution in [2.75, 3.05) is 11.4 Å². The van der Waals surface area contributed by atoms with Crippen molar-refractivity contribution in [1.82, 2.24) is 20.3 Å². The first-order valence-electron chi connectivity index (χ1n) is 8.85. The fourth-order valence-electron chi connectivity index (χ4n) is 3.20. The van der Waals surface area contributed by atoms with Gasteiger partial charge in [0, 0.05) is 36.6 Å². The molecular weight excluding hydrogens is 359 g/mol. The number of pyridine rings is 1. The molecule has 0 spiro atoms. The van der Waals surface area contributed by atoms with Crippen molar-refractivity contribution in [3.8, 4) is 11.4 Å². The Labute approximate surface area is 153 Å². The lowest BCUT2D eigenvalue weighted by molar-refractivity contribution is -0.141. The zero-order chi connectivity index (χ0) is 19.0. The molecule has 1 aliphatic heterocycles. The molecule has 1 amide bonds. The van der Waals surface area contributed by atoms with Crippen LogP contribution in [-0.2, 0) is 11.0 Å². The molecule has 2 aliphatic rings. The molecule has 2 fully saturated rings. The standard InChI is InChI=1S/C18H18F3N5O/c19-18(20,21)14-10-15(25-16(24-14)11-5-7-22-8-6-11)26-9-1-2-13(26)17(27)23-12-3-4-12/h5-8,10,12-13H,1-4,9H2,(H,23,27). The summed E-state index contributed by atoms with van der Waals surface area (Å²) in [5.74, 6) is -0.0549. The normalized spacial score (nSPS) is 20.0. The van der Waals surface area contributed by atoms with Crippen LogP contribution < -0.4 is 10.2 Å². The molecular formula is C18H18F3N5O. The van der Waals surface area contributed by atoms with E-state index in [0.29, 0.717) is 18.5 Å². The van der Waals surface area contributed by atoms with E-state index in [2.05, 4.69) is 20.3 Å². The van der Waals surface area contributed by atoms with E-state index in [4.69, 9.17) is 0 Å². The van der Waals surface area contributed by atoms with Crippen molar-refractivity contribution < 1.29 is 18.0 Å². The zero-order valence-electron chi connectivity index (χ0n) is 14.4. The van der Waals surface area contributed by atoms with E-state index >= 15 is 0 Å². The Morgan fingerprint density at radius 1 is 1.15 bits per heavy atom. The monoisotopic (exact) mass is 377 g/mol. The highest BCUT2D eigenvalue weighted by Gasteiger charge is 2.38. The van der Waals surface area contributed by atoms with Crippen molar-refractivity contribution in [2.24, 2.45) is 0 Å². The van der Waals surface area contributed by atoms with Crippen molar-refractivity contribution in [3.05, 3.63) is 36.3 Å². The van der Waals surface area contributed by atoms with E-state index in [1.165, 1.54) is 12.4 Å². The molecule has 1 aliphatic carbocycles. The minimum Gasteiger partial charge on any atom is -0.352 e. The van der Waals surface area contributed by atoms with Gasteiger partial charge in [-0.3, -0.25) is 9.78 Å². The fourth-order valence-corrected chi connectivity index (χ4v) is 3.20. The topological polar surface area (TPSA) is 71.0 Å². The molecule has 3 heterocycles. The summed E-state index contributed by atoms with van der Waals surface area (Å²) in [6.07, 6.45) is 1.56. The zero-order valence-corrected chi connectivity index (χ0v) is 14.4. The summed E-state index contributed by atoms with van der Waals surface area (Å²) in [6.45, 7) is 0.479. The molecule has 0 radical (unpaired) electrons. The number of carbonyl (C=O) groups is 1. The lowest BCUT2D eigenvalue weighted by atomic mass is 10.2. The molecule has 2 aromatic heterocycles. The van der Waals surface area contributed by atoms with Crippen molar-refractivity contribution in [1.29, 1.82) is 0 Å². The first-order chi connectivity index (χ1) is 12.9. The van der Waals surface area contributed by atoms with Crippen LogP contribution in [0.4, 0.5) is 19.0 Å². The van der Waals surface area contributed by atoms with E-state index in [-0.39, 0.29) is 23.6 Å². The number of rotatable bonds is 4. The lowest BCUT2D eigenvalue weighted by Gasteiger charge is -2.26. The highest BCUT2D eigenvalue weighted by atomic mass is 19.4. The molecule has 2 aromatic rings. The van der Waals surface area contributed by atoms with Crippen LogP contribution in [0.1, 0.15) is 31.4 Å². The average Bonchev–Trinajstić information content (AvgIpc) is 3.32. The van der Waals surface area contributed by atoms with Gasteiger partial charge in [0.05, 0.1) is 0 Å². The molecule has 0 bridgehead atoms. The third kappa shape index (κ3) is 3.86. The first-order valence-corrected chi connectivity index (χ1v) is 8.85. The highest BCUT2D eigenvalue weighted by molar-refractivity contribution is 5.86. The van der Waals surface area contributed by atoms with Gasteiger partial charge in [0.2, 0.25) is 5.91 Å². The van der Waals surface area contributed by atoms with Gasteiger partial charge in [0.15, 0.2) is 11.5 Å². The maximum Gasteiger partial charge on any atom is 0.433 e. The number of aromatic nitrogens is 3. The summed E-state index contributed by atoms with van der Waals surface area (Å²) < 4.78 is 40.2. The molecule has 27 heavy (non-hydrogen) atoms. The van der Waals surface area contributed by atoms with Gasteiger partial charge in [-0.15, -0.1) is 0 Å². The van der Waals surface area contributed by atoms with E-state index in [0.717, 1.165) is 25.3 Å². The molecule has 0 aromatic carbocycles. The predicted molar refractivity (Wildman–Crippen MR) is 91.8 cm³/mol. The fraction of sp³-hybridized carbons (Fsp3) is 0.444. The minimum absolute atomic E-state index is 0.0320. The third-order valence-corrected chi connectivity index (χ3v) is 4.72. The minimum atomic E-state index is -4.61. The number of halogens is 3. The van der Waals surface area contributed by atoms with E-state index in [1.807, 2.05) is 0 Å². The molecule has 6 nitrogen and oxygen atoms in total. The number of anilines is 1. The summed E-state index contributed by atoms with van der Waals surface area (Å²) in [7, 11) is 0. The Morgan fingerprint density at radius 3 is 2.56 bits per heavy atom. The Bertz CT molecular complexity index is 839. The van der Waals surface area contributed by atoms with Gasteiger partial charge in [0.25, 0.3) is 0 Å². The maximum atomic E-state index is 13.4. The summed E-state index contributed by atoms with van der Waals surface area (Å²) in [5, 5.41) is 2.93. The number of nitrogens with zero attached hydrogens (tertiary/aromatic N) is 4. The Balaban J connectivity index is 1.71. The van der Waals surface area contributed by atoms with Gasteiger partial charge < -0.3 is 10.2 Å². The van der Waals surface area contributed by atoms with Gasteiger partial charge in [-0.1, -0.05) is 0 Å². The maximum absolute atomic E-state index is 13.4. The van der Waals surface area contributed by atoms with Crippen molar-refractivity contribution in [2.45, 2.75) is 43.9 Å². The van der Waals surface area contributed by atoms with Crippen LogP contribution in [0.3, 0.4) is 0 Å². The van der Waals surface area contributed by atoms with E-state index in [1.54, 1.807) is 17.0 Å². The van der Waals surface area contributed by atoms with Gasteiger partial charge >= 0.3 is 6.18 Å². The second-order valence-electron chi connectivity index (χ2n) is 6.80. The number of hydrogen-bond acceptors (Lipinski definition) is 5. The molecule has 1 saturated heterocycles.